The number of hydrogen-bond donors (Lipinski definition) is 0. The summed E-state index contributed by atoms with van der Waals surface area (Å²) in [4.78, 5) is 0. The molecule has 0 unspecified atom stereocenters. The molecule has 0 N–H and O–H groups in total. The second kappa shape index (κ2) is 3.62. The zero-order valence-corrected chi connectivity index (χ0v) is 7.94. The molecule has 0 saturated heterocycles. The largest absolute Gasteiger partial charge is 0.268 e. The van der Waals surface area contributed by atoms with Crippen LogP contribution in [0.2, 0.25) is 0 Å². The highest BCUT2D eigenvalue weighted by atomic mass is 19.1. The molecule has 0 atom stereocenters. The van der Waals surface area contributed by atoms with Gasteiger partial charge >= 0.3 is 0 Å². The predicted molar refractivity (Wildman–Crippen MR) is 52.5 cm³/mol. The molecule has 2 nitrogen and oxygen atoms in total. The van der Waals surface area contributed by atoms with Crippen LogP contribution >= 0.6 is 0 Å². The molecule has 0 spiro atoms. The van der Waals surface area contributed by atoms with Gasteiger partial charge in [-0.2, -0.15) is 5.10 Å². The van der Waals surface area contributed by atoms with E-state index < -0.39 is 0 Å². The SMILES string of the molecule is Cc1cccc(Cn2cccn2)c1F. The molecule has 0 saturated carbocycles. The fraction of sp³-hybridized carbons (Fsp3) is 0.182. The van der Waals surface area contributed by atoms with Crippen LogP contribution in [0.4, 0.5) is 4.39 Å². The second-order valence-corrected chi connectivity index (χ2v) is 3.25. The summed E-state index contributed by atoms with van der Waals surface area (Å²) < 4.78 is 15.3. The van der Waals surface area contributed by atoms with Gasteiger partial charge in [0.1, 0.15) is 5.82 Å². The minimum atomic E-state index is -0.136. The molecule has 2 rings (SSSR count). The van der Waals surface area contributed by atoms with Gasteiger partial charge in [0.25, 0.3) is 0 Å². The van der Waals surface area contributed by atoms with Gasteiger partial charge in [-0.1, -0.05) is 18.2 Å². The smallest absolute Gasteiger partial charge is 0.131 e. The molecule has 1 aromatic carbocycles. The fourth-order valence-corrected chi connectivity index (χ4v) is 1.40. The highest BCUT2D eigenvalue weighted by Gasteiger charge is 2.04. The Balaban J connectivity index is 2.29. The molecule has 2 aromatic rings. The zero-order chi connectivity index (χ0) is 9.97. The summed E-state index contributed by atoms with van der Waals surface area (Å²) in [7, 11) is 0. The molecule has 0 amide bonds. The van der Waals surface area contributed by atoms with E-state index >= 15 is 0 Å². The summed E-state index contributed by atoms with van der Waals surface area (Å²) in [6.45, 7) is 2.25. The molecular formula is C11H11FN2. The highest BCUT2D eigenvalue weighted by molar-refractivity contribution is 5.24. The van der Waals surface area contributed by atoms with Crippen LogP contribution in [-0.2, 0) is 6.54 Å². The Morgan fingerprint density at radius 3 is 2.93 bits per heavy atom. The lowest BCUT2D eigenvalue weighted by atomic mass is 10.1. The average Bonchev–Trinajstić information content (AvgIpc) is 2.66. The number of nitrogens with zero attached hydrogens (tertiary/aromatic N) is 2. The molecule has 0 fully saturated rings. The summed E-state index contributed by atoms with van der Waals surface area (Å²) in [5, 5.41) is 4.03. The maximum atomic E-state index is 13.6. The first-order valence-electron chi connectivity index (χ1n) is 4.49. The zero-order valence-electron chi connectivity index (χ0n) is 7.94. The Bertz CT molecular complexity index is 421. The Hall–Kier alpha value is -1.64. The van der Waals surface area contributed by atoms with E-state index in [-0.39, 0.29) is 5.82 Å². The van der Waals surface area contributed by atoms with Crippen molar-refractivity contribution in [3.05, 3.63) is 53.6 Å². The number of halogens is 1. The van der Waals surface area contributed by atoms with Crippen molar-refractivity contribution >= 4 is 0 Å². The third-order valence-electron chi connectivity index (χ3n) is 2.16. The van der Waals surface area contributed by atoms with Gasteiger partial charge in [0.2, 0.25) is 0 Å². The normalized spacial score (nSPS) is 10.4. The molecule has 72 valence electrons. The molecule has 1 heterocycles. The molecule has 0 bridgehead atoms. The number of aromatic nitrogens is 2. The van der Waals surface area contributed by atoms with Crippen molar-refractivity contribution in [2.75, 3.05) is 0 Å². The van der Waals surface area contributed by atoms with Gasteiger partial charge < -0.3 is 0 Å². The minimum absolute atomic E-state index is 0.136. The van der Waals surface area contributed by atoms with Crippen LogP contribution in [0.25, 0.3) is 0 Å². The van der Waals surface area contributed by atoms with E-state index in [1.165, 1.54) is 0 Å². The monoisotopic (exact) mass is 190 g/mol. The third kappa shape index (κ3) is 1.66. The van der Waals surface area contributed by atoms with Crippen molar-refractivity contribution in [2.45, 2.75) is 13.5 Å². The van der Waals surface area contributed by atoms with Crippen LogP contribution < -0.4 is 0 Å². The van der Waals surface area contributed by atoms with Gasteiger partial charge in [0.05, 0.1) is 6.54 Å². The Morgan fingerprint density at radius 1 is 1.36 bits per heavy atom. The number of benzene rings is 1. The minimum Gasteiger partial charge on any atom is -0.268 e. The van der Waals surface area contributed by atoms with Gasteiger partial charge in [0, 0.05) is 18.0 Å². The first kappa shape index (κ1) is 8.94. The van der Waals surface area contributed by atoms with Crippen LogP contribution in [0.5, 0.6) is 0 Å². The Kier molecular flexibility index (Phi) is 2.31. The molecular weight excluding hydrogens is 179 g/mol. The Labute approximate surface area is 82.0 Å². The summed E-state index contributed by atoms with van der Waals surface area (Å²) in [6.07, 6.45) is 3.51. The lowest BCUT2D eigenvalue weighted by molar-refractivity contribution is 0.578. The van der Waals surface area contributed by atoms with E-state index in [9.17, 15) is 4.39 Å². The van der Waals surface area contributed by atoms with Crippen molar-refractivity contribution in [2.24, 2.45) is 0 Å². The molecule has 3 heteroatoms. The first-order valence-corrected chi connectivity index (χ1v) is 4.49. The van der Waals surface area contributed by atoms with Crippen LogP contribution in [-0.4, -0.2) is 9.78 Å². The molecule has 0 aliphatic heterocycles. The molecule has 14 heavy (non-hydrogen) atoms. The van der Waals surface area contributed by atoms with E-state index in [2.05, 4.69) is 5.10 Å². The van der Waals surface area contributed by atoms with E-state index in [0.717, 1.165) is 0 Å². The van der Waals surface area contributed by atoms with Crippen LogP contribution in [0, 0.1) is 12.7 Å². The third-order valence-corrected chi connectivity index (χ3v) is 2.16. The second-order valence-electron chi connectivity index (χ2n) is 3.25. The maximum Gasteiger partial charge on any atom is 0.131 e. The van der Waals surface area contributed by atoms with Gasteiger partial charge in [-0.25, -0.2) is 4.39 Å². The van der Waals surface area contributed by atoms with Crippen molar-refractivity contribution in [1.29, 1.82) is 0 Å². The van der Waals surface area contributed by atoms with E-state index in [4.69, 9.17) is 0 Å². The summed E-state index contributed by atoms with van der Waals surface area (Å²) in [5.74, 6) is -0.136. The standard InChI is InChI=1S/C11H11FN2/c1-9-4-2-5-10(11(9)12)8-14-7-3-6-13-14/h2-7H,8H2,1H3. The number of aryl methyl sites for hydroxylation is 1. The van der Waals surface area contributed by atoms with Crippen molar-refractivity contribution in [3.8, 4) is 0 Å². The van der Waals surface area contributed by atoms with Crippen molar-refractivity contribution < 1.29 is 4.39 Å². The lowest BCUT2D eigenvalue weighted by Gasteiger charge is -2.05. The highest BCUT2D eigenvalue weighted by Crippen LogP contribution is 2.12. The topological polar surface area (TPSA) is 17.8 Å². The van der Waals surface area contributed by atoms with Gasteiger partial charge in [-0.3, -0.25) is 4.68 Å². The number of hydrogen-bond acceptors (Lipinski definition) is 1. The van der Waals surface area contributed by atoms with Gasteiger partial charge in [-0.15, -0.1) is 0 Å². The average molecular weight is 190 g/mol. The lowest BCUT2D eigenvalue weighted by Crippen LogP contribution is -2.03. The molecule has 0 aliphatic carbocycles. The summed E-state index contributed by atoms with van der Waals surface area (Å²) >= 11 is 0. The fourth-order valence-electron chi connectivity index (χ4n) is 1.40. The Morgan fingerprint density at radius 2 is 2.21 bits per heavy atom. The first-order chi connectivity index (χ1) is 6.77. The van der Waals surface area contributed by atoms with E-state index in [1.54, 1.807) is 29.9 Å². The van der Waals surface area contributed by atoms with Crippen LogP contribution in [0.1, 0.15) is 11.1 Å². The van der Waals surface area contributed by atoms with Crippen LogP contribution in [0.3, 0.4) is 0 Å². The van der Waals surface area contributed by atoms with Crippen molar-refractivity contribution in [3.63, 3.8) is 0 Å². The summed E-state index contributed by atoms with van der Waals surface area (Å²) in [6, 6.07) is 7.23. The van der Waals surface area contributed by atoms with E-state index in [1.807, 2.05) is 18.3 Å². The molecule has 1 aromatic heterocycles. The quantitative estimate of drug-likeness (QED) is 0.711. The van der Waals surface area contributed by atoms with Crippen LogP contribution in [0.15, 0.2) is 36.7 Å². The maximum absolute atomic E-state index is 13.6. The molecule has 0 aliphatic rings. The molecule has 0 radical (unpaired) electrons. The van der Waals surface area contributed by atoms with E-state index in [0.29, 0.717) is 17.7 Å². The number of rotatable bonds is 2. The van der Waals surface area contributed by atoms with Gasteiger partial charge in [0.15, 0.2) is 0 Å². The predicted octanol–water partition coefficient (Wildman–Crippen LogP) is 2.38. The summed E-state index contributed by atoms with van der Waals surface area (Å²) in [5.41, 5.74) is 1.35. The van der Waals surface area contributed by atoms with Crippen molar-refractivity contribution in [1.82, 2.24) is 9.78 Å². The van der Waals surface area contributed by atoms with Gasteiger partial charge in [-0.05, 0) is 18.6 Å².